The zero-order valence-electron chi connectivity index (χ0n) is 14.7. The molecule has 0 heterocycles. The summed E-state index contributed by atoms with van der Waals surface area (Å²) in [5, 5.41) is 1.16. The summed E-state index contributed by atoms with van der Waals surface area (Å²) in [6.45, 7) is 0. The average molecular weight is 380 g/mol. The van der Waals surface area contributed by atoms with Crippen molar-refractivity contribution in [3.8, 4) is 0 Å². The van der Waals surface area contributed by atoms with Gasteiger partial charge in [0.1, 0.15) is 0 Å². The van der Waals surface area contributed by atoms with Crippen molar-refractivity contribution >= 4 is 35.2 Å². The second kappa shape index (κ2) is 9.09. The first kappa shape index (κ1) is 18.8. The Balaban J connectivity index is 1.79. The van der Waals surface area contributed by atoms with E-state index in [-0.39, 0.29) is 5.91 Å². The van der Waals surface area contributed by atoms with Gasteiger partial charge in [-0.3, -0.25) is 4.79 Å². The molecule has 25 heavy (non-hydrogen) atoms. The molecule has 0 atom stereocenters. The van der Waals surface area contributed by atoms with Crippen LogP contribution in [0.15, 0.2) is 24.3 Å². The Morgan fingerprint density at radius 1 is 0.880 bits per heavy atom. The number of hydrogen-bond acceptors (Lipinski definition) is 1. The molecule has 3 rings (SSSR count). The summed E-state index contributed by atoms with van der Waals surface area (Å²) in [4.78, 5) is 15.3. The Morgan fingerprint density at radius 2 is 1.36 bits per heavy atom. The highest BCUT2D eigenvalue weighted by atomic mass is 35.5. The predicted molar refractivity (Wildman–Crippen MR) is 106 cm³/mol. The second-order valence-electron chi connectivity index (χ2n) is 7.30. The van der Waals surface area contributed by atoms with Crippen LogP contribution in [0.1, 0.15) is 69.8 Å². The van der Waals surface area contributed by atoms with Crippen molar-refractivity contribution in [3.63, 3.8) is 0 Å². The standard InChI is InChI=1S/C21H27Cl2NO/c22-19-12-7-13-20(23)18(19)14-15-21(25)24(16-8-3-1-4-9-16)17-10-5-2-6-11-17/h7,12-17H,1-6,8-11H2/b15-14+. The van der Waals surface area contributed by atoms with Gasteiger partial charge in [0.05, 0.1) is 0 Å². The summed E-state index contributed by atoms with van der Waals surface area (Å²) in [5.74, 6) is 0.120. The number of carbonyl (C=O) groups is 1. The summed E-state index contributed by atoms with van der Waals surface area (Å²) in [7, 11) is 0. The Morgan fingerprint density at radius 3 is 1.84 bits per heavy atom. The molecule has 1 aromatic carbocycles. The molecule has 2 aliphatic rings. The van der Waals surface area contributed by atoms with Gasteiger partial charge in [0.2, 0.25) is 5.91 Å². The normalized spacial score (nSPS) is 20.1. The molecule has 0 radical (unpaired) electrons. The zero-order chi connectivity index (χ0) is 17.6. The number of amides is 1. The van der Waals surface area contributed by atoms with Crippen LogP contribution in [0.2, 0.25) is 10.0 Å². The highest BCUT2D eigenvalue weighted by molar-refractivity contribution is 6.37. The maximum Gasteiger partial charge on any atom is 0.247 e. The highest BCUT2D eigenvalue weighted by Gasteiger charge is 2.31. The minimum absolute atomic E-state index is 0.120. The summed E-state index contributed by atoms with van der Waals surface area (Å²) < 4.78 is 0. The molecule has 0 N–H and O–H groups in total. The molecule has 0 bridgehead atoms. The van der Waals surface area contributed by atoms with E-state index in [4.69, 9.17) is 23.2 Å². The summed E-state index contributed by atoms with van der Waals surface area (Å²) in [6.07, 6.45) is 15.6. The lowest BCUT2D eigenvalue weighted by Crippen LogP contribution is -2.48. The molecule has 0 aromatic heterocycles. The smallest absolute Gasteiger partial charge is 0.247 e. The second-order valence-corrected chi connectivity index (χ2v) is 8.11. The van der Waals surface area contributed by atoms with Gasteiger partial charge in [0.15, 0.2) is 0 Å². The van der Waals surface area contributed by atoms with Crippen LogP contribution in [0.5, 0.6) is 0 Å². The van der Waals surface area contributed by atoms with Crippen LogP contribution in [0.4, 0.5) is 0 Å². The van der Waals surface area contributed by atoms with Gasteiger partial charge < -0.3 is 4.90 Å². The Bertz CT molecular complexity index is 578. The average Bonchev–Trinajstić information content (AvgIpc) is 2.63. The van der Waals surface area contributed by atoms with Gasteiger partial charge >= 0.3 is 0 Å². The molecular weight excluding hydrogens is 353 g/mol. The first-order valence-electron chi connectivity index (χ1n) is 9.61. The lowest BCUT2D eigenvalue weighted by Gasteiger charge is -2.41. The fourth-order valence-corrected chi connectivity index (χ4v) is 4.81. The number of benzene rings is 1. The lowest BCUT2D eigenvalue weighted by atomic mass is 9.88. The zero-order valence-corrected chi connectivity index (χ0v) is 16.2. The number of rotatable bonds is 4. The van der Waals surface area contributed by atoms with Crippen molar-refractivity contribution in [2.45, 2.75) is 76.3 Å². The van der Waals surface area contributed by atoms with Crippen molar-refractivity contribution in [2.24, 2.45) is 0 Å². The van der Waals surface area contributed by atoms with Crippen LogP contribution in [0, 0.1) is 0 Å². The van der Waals surface area contributed by atoms with Crippen molar-refractivity contribution in [3.05, 3.63) is 39.9 Å². The molecule has 0 spiro atoms. The minimum Gasteiger partial charge on any atom is -0.333 e. The molecule has 0 saturated heterocycles. The number of halogens is 2. The Hall–Kier alpha value is -0.990. The number of hydrogen-bond donors (Lipinski definition) is 0. The van der Waals surface area contributed by atoms with E-state index < -0.39 is 0 Å². The molecule has 2 aliphatic carbocycles. The van der Waals surface area contributed by atoms with E-state index in [1.54, 1.807) is 24.3 Å². The molecule has 2 nitrogen and oxygen atoms in total. The molecule has 2 fully saturated rings. The molecule has 136 valence electrons. The van der Waals surface area contributed by atoms with Crippen molar-refractivity contribution in [2.75, 3.05) is 0 Å². The van der Waals surface area contributed by atoms with Gasteiger partial charge in [-0.25, -0.2) is 0 Å². The first-order valence-corrected chi connectivity index (χ1v) is 10.4. The van der Waals surface area contributed by atoms with Gasteiger partial charge in [0.25, 0.3) is 0 Å². The molecule has 2 saturated carbocycles. The van der Waals surface area contributed by atoms with Gasteiger partial charge in [-0.15, -0.1) is 0 Å². The Kier molecular flexibility index (Phi) is 6.84. The third-order valence-electron chi connectivity index (χ3n) is 5.58. The monoisotopic (exact) mass is 379 g/mol. The maximum atomic E-state index is 13.1. The molecule has 1 amide bonds. The van der Waals surface area contributed by atoms with Gasteiger partial charge in [-0.2, -0.15) is 0 Å². The van der Waals surface area contributed by atoms with Crippen LogP contribution in [0.3, 0.4) is 0 Å². The fraction of sp³-hybridized carbons (Fsp3) is 0.571. The molecule has 0 unspecified atom stereocenters. The van der Waals surface area contributed by atoms with E-state index in [2.05, 4.69) is 4.90 Å². The fourth-order valence-electron chi connectivity index (χ4n) is 4.29. The predicted octanol–water partition coefficient (Wildman–Crippen LogP) is 6.50. The van der Waals surface area contributed by atoms with E-state index in [1.165, 1.54) is 38.5 Å². The van der Waals surface area contributed by atoms with E-state index >= 15 is 0 Å². The lowest BCUT2D eigenvalue weighted by molar-refractivity contribution is -0.132. The molecule has 1 aromatic rings. The van der Waals surface area contributed by atoms with E-state index in [0.29, 0.717) is 22.1 Å². The quantitative estimate of drug-likeness (QED) is 0.546. The molecule has 0 aliphatic heterocycles. The maximum absolute atomic E-state index is 13.1. The summed E-state index contributed by atoms with van der Waals surface area (Å²) >= 11 is 12.5. The largest absolute Gasteiger partial charge is 0.333 e. The third kappa shape index (κ3) is 4.80. The van der Waals surface area contributed by atoms with Gasteiger partial charge in [-0.05, 0) is 43.9 Å². The first-order chi connectivity index (χ1) is 12.2. The highest BCUT2D eigenvalue weighted by Crippen LogP contribution is 2.31. The number of carbonyl (C=O) groups excluding carboxylic acids is 1. The molecule has 4 heteroatoms. The van der Waals surface area contributed by atoms with Crippen molar-refractivity contribution in [1.29, 1.82) is 0 Å². The number of nitrogens with zero attached hydrogens (tertiary/aromatic N) is 1. The van der Waals surface area contributed by atoms with Crippen molar-refractivity contribution in [1.82, 2.24) is 4.90 Å². The van der Waals surface area contributed by atoms with Gasteiger partial charge in [0, 0.05) is 33.8 Å². The van der Waals surface area contributed by atoms with Gasteiger partial charge in [-0.1, -0.05) is 67.8 Å². The van der Waals surface area contributed by atoms with Crippen molar-refractivity contribution < 1.29 is 4.79 Å². The topological polar surface area (TPSA) is 20.3 Å². The van der Waals surface area contributed by atoms with Crippen LogP contribution >= 0.6 is 23.2 Å². The van der Waals surface area contributed by atoms with E-state index in [0.717, 1.165) is 31.2 Å². The minimum atomic E-state index is 0.120. The van der Waals surface area contributed by atoms with Crippen LogP contribution in [-0.2, 0) is 4.79 Å². The summed E-state index contributed by atoms with van der Waals surface area (Å²) in [5.41, 5.74) is 0.728. The van der Waals surface area contributed by atoms with E-state index in [1.807, 2.05) is 6.07 Å². The van der Waals surface area contributed by atoms with Crippen LogP contribution in [0.25, 0.3) is 6.08 Å². The third-order valence-corrected chi connectivity index (χ3v) is 6.24. The SMILES string of the molecule is O=C(/C=C/c1c(Cl)cccc1Cl)N(C1CCCCC1)C1CCCCC1. The van der Waals surface area contributed by atoms with E-state index in [9.17, 15) is 4.79 Å². The molecular formula is C21H27Cl2NO. The van der Waals surface area contributed by atoms with Crippen LogP contribution < -0.4 is 0 Å². The Labute approximate surface area is 161 Å². The van der Waals surface area contributed by atoms with Crippen LogP contribution in [-0.4, -0.2) is 22.9 Å². The summed E-state index contributed by atoms with van der Waals surface area (Å²) in [6, 6.07) is 6.22.